The first-order chi connectivity index (χ1) is 8.54. The van der Waals surface area contributed by atoms with Gasteiger partial charge in [0.25, 0.3) is 10.1 Å². The van der Waals surface area contributed by atoms with Crippen molar-refractivity contribution < 1.29 is 15.8 Å². The fraction of sp³-hybridized carbons (Fsp3) is 0.286. The first-order valence-electron chi connectivity index (χ1n) is 6.02. The van der Waals surface area contributed by atoms with Crippen LogP contribution in [-0.4, -0.2) is 36.0 Å². The Kier molecular flexibility index (Phi) is 5.79. The maximum Gasteiger partial charge on any atom is 2.00 e. The van der Waals surface area contributed by atoms with Crippen molar-refractivity contribution in [2.24, 2.45) is 0 Å². The van der Waals surface area contributed by atoms with E-state index in [0.29, 0.717) is 17.4 Å². The second-order valence-corrected chi connectivity index (χ2v) is 5.71. The van der Waals surface area contributed by atoms with Gasteiger partial charge in [0.05, 0.1) is 0 Å². The van der Waals surface area contributed by atoms with Crippen LogP contribution < -0.4 is 0 Å². The van der Waals surface area contributed by atoms with Gasteiger partial charge in [-0.1, -0.05) is 49.7 Å². The molecule has 0 amide bonds. The van der Waals surface area contributed by atoms with Gasteiger partial charge < -0.3 is 2.85 Å². The summed E-state index contributed by atoms with van der Waals surface area (Å²) in [5.41, 5.74) is 0.693. The smallest absolute Gasteiger partial charge is 1.00 e. The molecule has 2 aromatic carbocycles. The number of rotatable bonds is 4. The van der Waals surface area contributed by atoms with Crippen molar-refractivity contribution in [3.63, 3.8) is 0 Å². The molecule has 1 N–H and O–H groups in total. The second-order valence-electron chi connectivity index (χ2n) is 4.35. The summed E-state index contributed by atoms with van der Waals surface area (Å²) in [6, 6.07) is 10.9. The first-order valence-corrected chi connectivity index (χ1v) is 7.46. The Hall–Kier alpha value is -0.624. The molecule has 0 radical (unpaired) electrons. The molecule has 0 atom stereocenters. The van der Waals surface area contributed by atoms with Crippen molar-refractivity contribution in [1.29, 1.82) is 0 Å². The normalized spacial score (nSPS) is 11.3. The fourth-order valence-corrected chi connectivity index (χ4v) is 3.12. The number of hydrogen-bond donors (Lipinski definition) is 1. The van der Waals surface area contributed by atoms with Crippen LogP contribution in [0.25, 0.3) is 10.8 Å². The summed E-state index contributed by atoms with van der Waals surface area (Å²) >= 11 is 0. The van der Waals surface area contributed by atoms with E-state index in [4.69, 9.17) is 0 Å². The molecule has 0 aliphatic rings. The Bertz CT molecular complexity index is 675. The summed E-state index contributed by atoms with van der Waals surface area (Å²) < 4.78 is 32.6. The Balaban J connectivity index is 0. The summed E-state index contributed by atoms with van der Waals surface area (Å²) in [4.78, 5) is 0.0639. The topological polar surface area (TPSA) is 54.4 Å². The average molecular weight is 291 g/mol. The van der Waals surface area contributed by atoms with Crippen molar-refractivity contribution in [2.75, 3.05) is 0 Å². The number of benzene rings is 2. The third-order valence-electron chi connectivity index (χ3n) is 3.02. The van der Waals surface area contributed by atoms with Crippen molar-refractivity contribution in [1.82, 2.24) is 0 Å². The van der Waals surface area contributed by atoms with E-state index in [2.05, 4.69) is 0 Å². The van der Waals surface area contributed by atoms with Gasteiger partial charge in [-0.25, -0.2) is 0 Å². The van der Waals surface area contributed by atoms with E-state index in [-0.39, 0.29) is 30.8 Å². The van der Waals surface area contributed by atoms with Crippen molar-refractivity contribution in [3.05, 3.63) is 42.0 Å². The van der Waals surface area contributed by atoms with Crippen molar-refractivity contribution >= 4 is 43.9 Å². The van der Waals surface area contributed by atoms with Crippen LogP contribution in [0.1, 0.15) is 28.2 Å². The molecule has 0 aromatic heterocycles. The molecular formula is C14H18MgO3S. The molecule has 0 fully saturated rings. The Labute approximate surface area is 132 Å². The van der Waals surface area contributed by atoms with Crippen LogP contribution in [0.2, 0.25) is 0 Å². The van der Waals surface area contributed by atoms with Gasteiger partial charge in [-0.3, -0.25) is 4.55 Å². The largest absolute Gasteiger partial charge is 2.00 e. The molecule has 0 aliphatic heterocycles. The molecule has 0 aliphatic carbocycles. The zero-order valence-electron chi connectivity index (χ0n) is 13.0. The van der Waals surface area contributed by atoms with Gasteiger partial charge in [0.1, 0.15) is 4.90 Å². The van der Waals surface area contributed by atoms with Crippen LogP contribution >= 0.6 is 0 Å². The number of fused-ring (bicyclic) bond motifs is 1. The second kappa shape index (κ2) is 6.70. The van der Waals surface area contributed by atoms with Gasteiger partial charge in [0.15, 0.2) is 0 Å². The van der Waals surface area contributed by atoms with Crippen LogP contribution in [-0.2, 0) is 16.5 Å². The van der Waals surface area contributed by atoms with E-state index in [1.165, 1.54) is 0 Å². The predicted molar refractivity (Wildman–Crippen MR) is 80.4 cm³/mol. The van der Waals surface area contributed by atoms with Gasteiger partial charge in [-0.2, -0.15) is 8.42 Å². The minimum Gasteiger partial charge on any atom is -1.00 e. The molecule has 2 aromatic rings. The number of hydrogen-bond acceptors (Lipinski definition) is 2. The van der Waals surface area contributed by atoms with Crippen LogP contribution in [0.4, 0.5) is 0 Å². The molecule has 0 spiro atoms. The van der Waals surface area contributed by atoms with Gasteiger partial charge >= 0.3 is 23.1 Å². The minimum absolute atomic E-state index is 0. The standard InChI is InChI=1S/C14H16O3S.Mg.2H/c1-2-3-6-12-10-9-11-7-4-5-8-13(11)14(12)18(15,16)17;;;/h4-5,7-10H,2-3,6H2,1H3,(H,15,16,17);;;/q;+2;2*-1. The third kappa shape index (κ3) is 3.69. The molecule has 19 heavy (non-hydrogen) atoms. The summed E-state index contributed by atoms with van der Waals surface area (Å²) in [6.45, 7) is 2.05. The number of unbranched alkanes of at least 4 members (excludes halogenated alkanes) is 1. The molecule has 0 unspecified atom stereocenters. The van der Waals surface area contributed by atoms with E-state index < -0.39 is 10.1 Å². The molecule has 2 rings (SSSR count). The van der Waals surface area contributed by atoms with Crippen LogP contribution in [0, 0.1) is 0 Å². The molecule has 0 bridgehead atoms. The molecule has 0 saturated heterocycles. The predicted octanol–water partition coefficient (Wildman–Crippen LogP) is 3.27. The van der Waals surface area contributed by atoms with Gasteiger partial charge in [-0.05, 0) is 23.8 Å². The third-order valence-corrected chi connectivity index (χ3v) is 4.02. The Morgan fingerprint density at radius 2 is 1.84 bits per heavy atom. The summed E-state index contributed by atoms with van der Waals surface area (Å²) in [7, 11) is -4.19. The molecule has 100 valence electrons. The van der Waals surface area contributed by atoms with Crippen LogP contribution in [0.15, 0.2) is 41.3 Å². The van der Waals surface area contributed by atoms with Crippen molar-refractivity contribution in [2.45, 2.75) is 31.1 Å². The number of aryl methyl sites for hydroxylation is 1. The van der Waals surface area contributed by atoms with Gasteiger partial charge in [-0.15, -0.1) is 0 Å². The Morgan fingerprint density at radius 1 is 1.16 bits per heavy atom. The zero-order valence-corrected chi connectivity index (χ0v) is 13.2. The summed E-state index contributed by atoms with van der Waals surface area (Å²) in [5.74, 6) is 0. The average Bonchev–Trinajstić information content (AvgIpc) is 2.34. The quantitative estimate of drug-likeness (QED) is 0.694. The summed E-state index contributed by atoms with van der Waals surface area (Å²) in [6.07, 6.45) is 2.55. The molecule has 5 heteroatoms. The van der Waals surface area contributed by atoms with Crippen LogP contribution in [0.3, 0.4) is 0 Å². The SMILES string of the molecule is CCCCc1ccc2ccccc2c1S(=O)(=O)O.[H-].[H-].[Mg+2]. The van der Waals surface area contributed by atoms with E-state index in [9.17, 15) is 13.0 Å². The maximum absolute atomic E-state index is 11.6. The van der Waals surface area contributed by atoms with Gasteiger partial charge in [0.2, 0.25) is 0 Å². The monoisotopic (exact) mass is 290 g/mol. The van der Waals surface area contributed by atoms with Crippen molar-refractivity contribution in [3.8, 4) is 0 Å². The van der Waals surface area contributed by atoms with Gasteiger partial charge in [0, 0.05) is 5.39 Å². The zero-order chi connectivity index (χ0) is 13.2. The first kappa shape index (κ1) is 16.4. The summed E-state index contributed by atoms with van der Waals surface area (Å²) in [5, 5.41) is 1.42. The van der Waals surface area contributed by atoms with E-state index in [1.807, 2.05) is 25.1 Å². The fourth-order valence-electron chi connectivity index (χ4n) is 2.16. The molecular weight excluding hydrogens is 273 g/mol. The van der Waals surface area contributed by atoms with E-state index in [0.717, 1.165) is 18.2 Å². The maximum atomic E-state index is 11.6. The molecule has 3 nitrogen and oxygen atoms in total. The molecule has 0 saturated carbocycles. The van der Waals surface area contributed by atoms with Crippen LogP contribution in [0.5, 0.6) is 0 Å². The Morgan fingerprint density at radius 3 is 2.47 bits per heavy atom. The van der Waals surface area contributed by atoms with E-state index in [1.54, 1.807) is 18.2 Å². The molecule has 0 heterocycles. The minimum atomic E-state index is -4.19. The van der Waals surface area contributed by atoms with E-state index >= 15 is 0 Å².